The van der Waals surface area contributed by atoms with E-state index in [1.165, 1.54) is 0 Å². The van der Waals surface area contributed by atoms with Gasteiger partial charge in [0.25, 0.3) is 0 Å². The van der Waals surface area contributed by atoms with Gasteiger partial charge in [-0.3, -0.25) is 0 Å². The van der Waals surface area contributed by atoms with E-state index in [1.54, 1.807) is 14.2 Å². The van der Waals surface area contributed by atoms with Gasteiger partial charge in [0, 0.05) is 25.5 Å². The second-order valence-corrected chi connectivity index (χ2v) is 4.92. The summed E-state index contributed by atoms with van der Waals surface area (Å²) in [5.74, 6) is 1.24. The van der Waals surface area contributed by atoms with Gasteiger partial charge in [0.05, 0.1) is 18.2 Å². The SMILES string of the molecule is COCCC(C)Oc1c(Cl)cc(CBr)cc1OC. The number of ether oxygens (including phenoxy) is 3. The van der Waals surface area contributed by atoms with Crippen molar-refractivity contribution >= 4 is 27.5 Å². The fourth-order valence-corrected chi connectivity index (χ4v) is 2.11. The fourth-order valence-electron chi connectivity index (χ4n) is 1.51. The summed E-state index contributed by atoms with van der Waals surface area (Å²) in [4.78, 5) is 0. The van der Waals surface area contributed by atoms with E-state index in [2.05, 4.69) is 15.9 Å². The average Bonchev–Trinajstić information content (AvgIpc) is 2.38. The van der Waals surface area contributed by atoms with Gasteiger partial charge in [-0.25, -0.2) is 0 Å². The monoisotopic (exact) mass is 336 g/mol. The summed E-state index contributed by atoms with van der Waals surface area (Å²) in [7, 11) is 3.28. The van der Waals surface area contributed by atoms with E-state index in [-0.39, 0.29) is 6.10 Å². The van der Waals surface area contributed by atoms with Crippen LogP contribution in [0.5, 0.6) is 11.5 Å². The van der Waals surface area contributed by atoms with Crippen molar-refractivity contribution in [3.05, 3.63) is 22.7 Å². The Bertz CT molecular complexity index is 385. The molecule has 18 heavy (non-hydrogen) atoms. The van der Waals surface area contributed by atoms with E-state index in [1.807, 2.05) is 19.1 Å². The third-order valence-electron chi connectivity index (χ3n) is 2.49. The molecular formula is C13H18BrClO3. The first kappa shape index (κ1) is 15.6. The summed E-state index contributed by atoms with van der Waals surface area (Å²) in [5.41, 5.74) is 1.05. The fraction of sp³-hybridized carbons (Fsp3) is 0.538. The molecule has 0 aliphatic carbocycles. The van der Waals surface area contributed by atoms with Gasteiger partial charge in [0.1, 0.15) is 0 Å². The molecule has 0 saturated heterocycles. The molecule has 0 aliphatic heterocycles. The van der Waals surface area contributed by atoms with Crippen LogP contribution in [-0.2, 0) is 10.1 Å². The van der Waals surface area contributed by atoms with Gasteiger partial charge in [-0.1, -0.05) is 27.5 Å². The number of methoxy groups -OCH3 is 2. The predicted octanol–water partition coefficient (Wildman–Crippen LogP) is 4.05. The first-order chi connectivity index (χ1) is 8.62. The number of rotatable bonds is 7. The summed E-state index contributed by atoms with van der Waals surface area (Å²) in [6.45, 7) is 2.63. The van der Waals surface area contributed by atoms with Crippen LogP contribution in [0.2, 0.25) is 5.02 Å². The van der Waals surface area contributed by atoms with Gasteiger partial charge in [-0.2, -0.15) is 0 Å². The third-order valence-corrected chi connectivity index (χ3v) is 3.42. The minimum Gasteiger partial charge on any atom is -0.493 e. The minimum atomic E-state index is 0.0196. The molecule has 102 valence electrons. The minimum absolute atomic E-state index is 0.0196. The smallest absolute Gasteiger partial charge is 0.180 e. The van der Waals surface area contributed by atoms with Crippen molar-refractivity contribution in [2.45, 2.75) is 24.8 Å². The van der Waals surface area contributed by atoms with Crippen LogP contribution in [0.4, 0.5) is 0 Å². The van der Waals surface area contributed by atoms with E-state index >= 15 is 0 Å². The van der Waals surface area contributed by atoms with E-state index in [4.69, 9.17) is 25.8 Å². The van der Waals surface area contributed by atoms with Crippen LogP contribution in [0.15, 0.2) is 12.1 Å². The zero-order chi connectivity index (χ0) is 13.5. The molecule has 0 aromatic heterocycles. The van der Waals surface area contributed by atoms with Crippen LogP contribution in [0.1, 0.15) is 18.9 Å². The van der Waals surface area contributed by atoms with Crippen molar-refractivity contribution in [3.8, 4) is 11.5 Å². The Morgan fingerprint density at radius 3 is 2.61 bits per heavy atom. The predicted molar refractivity (Wildman–Crippen MR) is 77.2 cm³/mol. The highest BCUT2D eigenvalue weighted by Crippen LogP contribution is 2.37. The summed E-state index contributed by atoms with van der Waals surface area (Å²) >= 11 is 9.61. The van der Waals surface area contributed by atoms with Crippen LogP contribution in [0.3, 0.4) is 0 Å². The molecule has 1 atom stereocenters. The Balaban J connectivity index is 2.86. The maximum Gasteiger partial charge on any atom is 0.180 e. The molecule has 1 unspecified atom stereocenters. The summed E-state index contributed by atoms with van der Waals surface area (Å²) in [6.07, 6.45) is 0.821. The van der Waals surface area contributed by atoms with Gasteiger partial charge in [0.2, 0.25) is 0 Å². The molecule has 0 aliphatic rings. The number of hydrogen-bond donors (Lipinski definition) is 0. The highest BCUT2D eigenvalue weighted by Gasteiger charge is 2.14. The second kappa shape index (κ2) is 7.87. The summed E-state index contributed by atoms with van der Waals surface area (Å²) in [6, 6.07) is 3.79. The molecule has 0 N–H and O–H groups in total. The Morgan fingerprint density at radius 1 is 1.33 bits per heavy atom. The molecule has 0 amide bonds. The molecule has 5 heteroatoms. The van der Waals surface area contributed by atoms with Crippen molar-refractivity contribution in [1.82, 2.24) is 0 Å². The normalized spacial score (nSPS) is 12.3. The number of halogens is 2. The maximum atomic E-state index is 6.21. The Kier molecular flexibility index (Phi) is 6.82. The molecule has 1 aromatic rings. The third kappa shape index (κ3) is 4.34. The Morgan fingerprint density at radius 2 is 2.06 bits per heavy atom. The lowest BCUT2D eigenvalue weighted by Crippen LogP contribution is -2.15. The van der Waals surface area contributed by atoms with E-state index in [0.717, 1.165) is 17.3 Å². The van der Waals surface area contributed by atoms with E-state index < -0.39 is 0 Å². The van der Waals surface area contributed by atoms with Crippen molar-refractivity contribution < 1.29 is 14.2 Å². The second-order valence-electron chi connectivity index (χ2n) is 3.95. The molecule has 0 spiro atoms. The molecule has 0 bridgehead atoms. The maximum absolute atomic E-state index is 6.21. The van der Waals surface area contributed by atoms with Crippen molar-refractivity contribution in [2.75, 3.05) is 20.8 Å². The average molecular weight is 338 g/mol. The molecule has 0 fully saturated rings. The highest BCUT2D eigenvalue weighted by molar-refractivity contribution is 9.08. The van der Waals surface area contributed by atoms with Crippen LogP contribution in [0.25, 0.3) is 0 Å². The lowest BCUT2D eigenvalue weighted by molar-refractivity contribution is 0.133. The van der Waals surface area contributed by atoms with Crippen LogP contribution in [0, 0.1) is 0 Å². The molecular weight excluding hydrogens is 319 g/mol. The quantitative estimate of drug-likeness (QED) is 0.703. The van der Waals surface area contributed by atoms with Gasteiger partial charge in [-0.05, 0) is 24.6 Å². The van der Waals surface area contributed by atoms with Crippen molar-refractivity contribution in [2.24, 2.45) is 0 Å². The Labute approximate surface area is 121 Å². The standard InChI is InChI=1S/C13H18BrClO3/c1-9(4-5-16-2)18-13-11(15)6-10(8-14)7-12(13)17-3/h6-7,9H,4-5,8H2,1-3H3. The first-order valence-electron chi connectivity index (χ1n) is 5.70. The summed E-state index contributed by atoms with van der Waals surface area (Å²) < 4.78 is 16.2. The number of hydrogen-bond acceptors (Lipinski definition) is 3. The molecule has 1 aromatic carbocycles. The molecule has 0 saturated carbocycles. The van der Waals surface area contributed by atoms with Crippen LogP contribution in [-0.4, -0.2) is 26.9 Å². The largest absolute Gasteiger partial charge is 0.493 e. The lowest BCUT2D eigenvalue weighted by Gasteiger charge is -2.18. The molecule has 3 nitrogen and oxygen atoms in total. The molecule has 0 radical (unpaired) electrons. The number of benzene rings is 1. The zero-order valence-corrected chi connectivity index (χ0v) is 13.2. The topological polar surface area (TPSA) is 27.7 Å². The van der Waals surface area contributed by atoms with Crippen molar-refractivity contribution in [3.63, 3.8) is 0 Å². The van der Waals surface area contributed by atoms with E-state index in [9.17, 15) is 0 Å². The van der Waals surface area contributed by atoms with Gasteiger partial charge in [-0.15, -0.1) is 0 Å². The summed E-state index contributed by atoms with van der Waals surface area (Å²) in [5, 5.41) is 1.29. The Hall–Kier alpha value is -0.450. The first-order valence-corrected chi connectivity index (χ1v) is 7.20. The highest BCUT2D eigenvalue weighted by atomic mass is 79.9. The lowest BCUT2D eigenvalue weighted by atomic mass is 10.2. The van der Waals surface area contributed by atoms with Gasteiger partial charge >= 0.3 is 0 Å². The van der Waals surface area contributed by atoms with E-state index in [0.29, 0.717) is 23.1 Å². The molecule has 1 rings (SSSR count). The van der Waals surface area contributed by atoms with Crippen LogP contribution < -0.4 is 9.47 Å². The van der Waals surface area contributed by atoms with Gasteiger partial charge in [0.15, 0.2) is 11.5 Å². The zero-order valence-electron chi connectivity index (χ0n) is 10.8. The molecule has 0 heterocycles. The van der Waals surface area contributed by atoms with Crippen LogP contribution >= 0.6 is 27.5 Å². The number of alkyl halides is 1. The van der Waals surface area contributed by atoms with Gasteiger partial charge < -0.3 is 14.2 Å². The van der Waals surface area contributed by atoms with Crippen molar-refractivity contribution in [1.29, 1.82) is 0 Å².